The van der Waals surface area contributed by atoms with Crippen molar-refractivity contribution in [2.75, 3.05) is 0 Å². The Hall–Kier alpha value is -2.14. The van der Waals surface area contributed by atoms with Gasteiger partial charge < -0.3 is 10.4 Å². The van der Waals surface area contributed by atoms with Crippen LogP contribution in [0.2, 0.25) is 0 Å². The Morgan fingerprint density at radius 2 is 2.24 bits per heavy atom. The number of hydrogen-bond acceptors (Lipinski definition) is 3. The van der Waals surface area contributed by atoms with Gasteiger partial charge in [-0.2, -0.15) is 5.10 Å². The topological polar surface area (TPSA) is 67.2 Å². The molecule has 110 valence electrons. The van der Waals surface area contributed by atoms with E-state index in [1.165, 1.54) is 0 Å². The number of carbonyl (C=O) groups is 1. The molecule has 2 N–H and O–H groups in total. The Kier molecular flexibility index (Phi) is 3.51. The van der Waals surface area contributed by atoms with Crippen LogP contribution in [-0.4, -0.2) is 26.9 Å². The maximum atomic E-state index is 12.5. The van der Waals surface area contributed by atoms with Crippen molar-refractivity contribution in [1.82, 2.24) is 15.1 Å². The zero-order valence-electron chi connectivity index (χ0n) is 12.2. The van der Waals surface area contributed by atoms with Gasteiger partial charge in [-0.15, -0.1) is 0 Å². The van der Waals surface area contributed by atoms with Crippen molar-refractivity contribution in [2.45, 2.75) is 31.9 Å². The average Bonchev–Trinajstić information content (AvgIpc) is 3.00. The molecule has 3 rings (SSSR count). The highest BCUT2D eigenvalue weighted by Crippen LogP contribution is 2.31. The summed E-state index contributed by atoms with van der Waals surface area (Å²) in [5.41, 5.74) is 3.45. The van der Waals surface area contributed by atoms with Crippen LogP contribution in [-0.2, 0) is 19.9 Å². The molecule has 0 bridgehead atoms. The lowest BCUT2D eigenvalue weighted by Gasteiger charge is -2.17. The number of aromatic nitrogens is 2. The molecule has 0 aliphatic heterocycles. The SMILES string of the molecule is CCc1nn(C)cc1C(=O)N[C@@H]1c2ccccc2C[C@@H]1O. The maximum Gasteiger partial charge on any atom is 0.255 e. The van der Waals surface area contributed by atoms with Crippen molar-refractivity contribution in [3.63, 3.8) is 0 Å². The van der Waals surface area contributed by atoms with Crippen molar-refractivity contribution in [1.29, 1.82) is 0 Å². The Balaban J connectivity index is 1.85. The number of aliphatic hydroxyl groups excluding tert-OH is 1. The van der Waals surface area contributed by atoms with Gasteiger partial charge in [-0.05, 0) is 17.5 Å². The second kappa shape index (κ2) is 5.33. The lowest BCUT2D eigenvalue weighted by molar-refractivity contribution is 0.0857. The first kappa shape index (κ1) is 13.8. The maximum absolute atomic E-state index is 12.5. The van der Waals surface area contributed by atoms with E-state index < -0.39 is 6.10 Å². The Morgan fingerprint density at radius 1 is 1.48 bits per heavy atom. The van der Waals surface area contributed by atoms with E-state index in [0.29, 0.717) is 18.4 Å². The number of nitrogens with one attached hydrogen (secondary N) is 1. The highest BCUT2D eigenvalue weighted by atomic mass is 16.3. The summed E-state index contributed by atoms with van der Waals surface area (Å²) < 4.78 is 1.65. The van der Waals surface area contributed by atoms with E-state index in [0.717, 1.165) is 16.8 Å². The number of hydrogen-bond donors (Lipinski definition) is 2. The summed E-state index contributed by atoms with van der Waals surface area (Å²) in [5, 5.41) is 17.4. The number of aliphatic hydroxyl groups is 1. The van der Waals surface area contributed by atoms with Gasteiger partial charge in [0.05, 0.1) is 23.4 Å². The van der Waals surface area contributed by atoms with Gasteiger partial charge in [0.2, 0.25) is 0 Å². The highest BCUT2D eigenvalue weighted by Gasteiger charge is 2.32. The molecule has 0 spiro atoms. The lowest BCUT2D eigenvalue weighted by Crippen LogP contribution is -2.34. The summed E-state index contributed by atoms with van der Waals surface area (Å²) in [7, 11) is 1.80. The van der Waals surface area contributed by atoms with Crippen molar-refractivity contribution in [3.8, 4) is 0 Å². The predicted octanol–water partition coefficient (Wildman–Crippen LogP) is 1.37. The van der Waals surface area contributed by atoms with Crippen molar-refractivity contribution in [3.05, 3.63) is 52.8 Å². The molecule has 1 amide bonds. The van der Waals surface area contributed by atoms with Crippen LogP contribution in [0.3, 0.4) is 0 Å². The summed E-state index contributed by atoms with van der Waals surface area (Å²) in [6.45, 7) is 1.97. The average molecular weight is 285 g/mol. The molecule has 0 unspecified atom stereocenters. The third-order valence-corrected chi connectivity index (χ3v) is 3.98. The first-order valence-electron chi connectivity index (χ1n) is 7.19. The molecule has 0 saturated heterocycles. The molecule has 1 aromatic carbocycles. The quantitative estimate of drug-likeness (QED) is 0.895. The van der Waals surface area contributed by atoms with Crippen LogP contribution in [0, 0.1) is 0 Å². The third-order valence-electron chi connectivity index (χ3n) is 3.98. The standard InChI is InChI=1S/C16H19N3O2/c1-3-13-12(9-19(2)18-13)16(21)17-15-11-7-5-4-6-10(11)8-14(15)20/h4-7,9,14-15,20H,3,8H2,1-2H3,(H,17,21)/t14-,15+/m0/s1. The minimum absolute atomic E-state index is 0.180. The first-order chi connectivity index (χ1) is 10.1. The molecule has 0 saturated carbocycles. The largest absolute Gasteiger partial charge is 0.390 e. The van der Waals surface area contributed by atoms with E-state index in [4.69, 9.17) is 0 Å². The minimum atomic E-state index is -0.576. The molecular weight excluding hydrogens is 266 g/mol. The molecular formula is C16H19N3O2. The fourth-order valence-corrected chi connectivity index (χ4v) is 2.95. The number of amides is 1. The second-order valence-electron chi connectivity index (χ2n) is 5.44. The van der Waals surface area contributed by atoms with Crippen LogP contribution in [0.4, 0.5) is 0 Å². The van der Waals surface area contributed by atoms with Gasteiger partial charge in [0.1, 0.15) is 0 Å². The number of nitrogens with zero attached hydrogens (tertiary/aromatic N) is 2. The number of fused-ring (bicyclic) bond motifs is 1. The fourth-order valence-electron chi connectivity index (χ4n) is 2.95. The van der Waals surface area contributed by atoms with Crippen LogP contribution >= 0.6 is 0 Å². The molecule has 0 fully saturated rings. The molecule has 1 aliphatic rings. The highest BCUT2D eigenvalue weighted by molar-refractivity contribution is 5.95. The summed E-state index contributed by atoms with van der Waals surface area (Å²) in [4.78, 5) is 12.5. The van der Waals surface area contributed by atoms with Gasteiger partial charge in [0, 0.05) is 19.7 Å². The Labute approximate surface area is 123 Å². The third kappa shape index (κ3) is 2.45. The molecule has 21 heavy (non-hydrogen) atoms. The molecule has 0 radical (unpaired) electrons. The normalized spacial score (nSPS) is 20.3. The molecule has 5 heteroatoms. The lowest BCUT2D eigenvalue weighted by atomic mass is 10.1. The van der Waals surface area contributed by atoms with Crippen LogP contribution in [0.1, 0.15) is 40.1 Å². The van der Waals surface area contributed by atoms with E-state index in [9.17, 15) is 9.90 Å². The number of benzene rings is 1. The van der Waals surface area contributed by atoms with Gasteiger partial charge in [-0.25, -0.2) is 0 Å². The summed E-state index contributed by atoms with van der Waals surface area (Å²) >= 11 is 0. The van der Waals surface area contributed by atoms with E-state index in [1.807, 2.05) is 31.2 Å². The molecule has 1 aromatic heterocycles. The molecule has 2 aromatic rings. The van der Waals surface area contributed by atoms with Gasteiger partial charge in [-0.3, -0.25) is 9.48 Å². The predicted molar refractivity (Wildman–Crippen MR) is 78.9 cm³/mol. The van der Waals surface area contributed by atoms with Gasteiger partial charge >= 0.3 is 0 Å². The second-order valence-corrected chi connectivity index (χ2v) is 5.44. The zero-order chi connectivity index (χ0) is 15.0. The Bertz CT molecular complexity index is 678. The smallest absolute Gasteiger partial charge is 0.255 e. The van der Waals surface area contributed by atoms with E-state index in [2.05, 4.69) is 10.4 Å². The molecule has 2 atom stereocenters. The van der Waals surface area contributed by atoms with Crippen molar-refractivity contribution < 1.29 is 9.90 Å². The van der Waals surface area contributed by atoms with Gasteiger partial charge in [0.25, 0.3) is 5.91 Å². The number of aryl methyl sites for hydroxylation is 2. The van der Waals surface area contributed by atoms with Gasteiger partial charge in [-0.1, -0.05) is 31.2 Å². The van der Waals surface area contributed by atoms with E-state index >= 15 is 0 Å². The van der Waals surface area contributed by atoms with Crippen LogP contribution in [0.5, 0.6) is 0 Å². The van der Waals surface area contributed by atoms with E-state index in [-0.39, 0.29) is 11.9 Å². The first-order valence-corrected chi connectivity index (χ1v) is 7.19. The minimum Gasteiger partial charge on any atom is -0.390 e. The van der Waals surface area contributed by atoms with E-state index in [1.54, 1.807) is 17.9 Å². The zero-order valence-corrected chi connectivity index (χ0v) is 12.2. The molecule has 5 nitrogen and oxygen atoms in total. The van der Waals surface area contributed by atoms with Crippen molar-refractivity contribution >= 4 is 5.91 Å². The summed E-state index contributed by atoms with van der Waals surface area (Å²) in [6.07, 6.45) is 2.43. The van der Waals surface area contributed by atoms with Crippen LogP contribution in [0.25, 0.3) is 0 Å². The molecule has 1 heterocycles. The summed E-state index contributed by atoms with van der Waals surface area (Å²) in [6, 6.07) is 7.48. The molecule has 1 aliphatic carbocycles. The Morgan fingerprint density at radius 3 is 3.00 bits per heavy atom. The summed E-state index contributed by atoms with van der Waals surface area (Å²) in [5.74, 6) is -0.180. The van der Waals surface area contributed by atoms with Crippen LogP contribution in [0.15, 0.2) is 30.5 Å². The van der Waals surface area contributed by atoms with Gasteiger partial charge in [0.15, 0.2) is 0 Å². The number of rotatable bonds is 3. The fraction of sp³-hybridized carbons (Fsp3) is 0.375. The number of carbonyl (C=O) groups excluding carboxylic acids is 1. The van der Waals surface area contributed by atoms with Crippen LogP contribution < -0.4 is 5.32 Å². The van der Waals surface area contributed by atoms with Crippen molar-refractivity contribution in [2.24, 2.45) is 7.05 Å². The monoisotopic (exact) mass is 285 g/mol.